The molecule has 6 nitrogen and oxygen atoms in total. The molecule has 0 bridgehead atoms. The van der Waals surface area contributed by atoms with Gasteiger partial charge in [-0.2, -0.15) is 0 Å². The van der Waals surface area contributed by atoms with Gasteiger partial charge in [-0.3, -0.25) is 14.9 Å². The number of aromatic nitrogens is 1. The van der Waals surface area contributed by atoms with E-state index in [0.29, 0.717) is 4.47 Å². The Kier molecular flexibility index (Phi) is 4.35. The number of fused-ring (bicyclic) bond motifs is 1. The van der Waals surface area contributed by atoms with Gasteiger partial charge in [-0.25, -0.2) is 4.98 Å². The number of rotatable bonds is 4. The number of hydrogen-bond acceptors (Lipinski definition) is 5. The summed E-state index contributed by atoms with van der Waals surface area (Å²) >= 11 is 4.60. The van der Waals surface area contributed by atoms with E-state index in [-0.39, 0.29) is 23.7 Å². The van der Waals surface area contributed by atoms with E-state index in [2.05, 4.69) is 26.2 Å². The van der Waals surface area contributed by atoms with Crippen molar-refractivity contribution in [1.82, 2.24) is 10.3 Å². The zero-order chi connectivity index (χ0) is 16.4. The number of nitro benzene ring substituents is 1. The van der Waals surface area contributed by atoms with Crippen molar-refractivity contribution in [3.8, 4) is 0 Å². The zero-order valence-corrected chi connectivity index (χ0v) is 14.1. The van der Waals surface area contributed by atoms with Gasteiger partial charge in [-0.1, -0.05) is 12.1 Å². The second-order valence-electron chi connectivity index (χ2n) is 4.68. The Morgan fingerprint density at radius 3 is 2.83 bits per heavy atom. The van der Waals surface area contributed by atoms with Crippen molar-refractivity contribution >= 4 is 49.1 Å². The molecule has 0 saturated heterocycles. The van der Waals surface area contributed by atoms with Crippen LogP contribution in [0.2, 0.25) is 0 Å². The fraction of sp³-hybridized carbons (Fsp3) is 0.0667. The number of hydrogen-bond donors (Lipinski definition) is 1. The normalized spacial score (nSPS) is 10.7. The second kappa shape index (κ2) is 6.43. The van der Waals surface area contributed by atoms with Gasteiger partial charge < -0.3 is 5.32 Å². The fourth-order valence-electron chi connectivity index (χ4n) is 2.05. The quantitative estimate of drug-likeness (QED) is 0.539. The number of benzene rings is 2. The molecule has 1 aromatic heterocycles. The van der Waals surface area contributed by atoms with Gasteiger partial charge in [0.05, 0.1) is 26.2 Å². The lowest BCUT2D eigenvalue weighted by Crippen LogP contribution is -2.22. The van der Waals surface area contributed by atoms with Crippen molar-refractivity contribution in [1.29, 1.82) is 0 Å². The van der Waals surface area contributed by atoms with Crippen molar-refractivity contribution in [3.63, 3.8) is 0 Å². The molecule has 0 aliphatic rings. The molecule has 116 valence electrons. The van der Waals surface area contributed by atoms with Crippen LogP contribution in [0.25, 0.3) is 10.2 Å². The molecule has 1 amide bonds. The molecular weight excluding hydrogens is 382 g/mol. The summed E-state index contributed by atoms with van der Waals surface area (Å²) in [7, 11) is 0. The van der Waals surface area contributed by atoms with Crippen LogP contribution >= 0.6 is 27.3 Å². The van der Waals surface area contributed by atoms with E-state index in [1.807, 2.05) is 24.3 Å². The first-order valence-corrected chi connectivity index (χ1v) is 8.22. The van der Waals surface area contributed by atoms with E-state index in [9.17, 15) is 14.9 Å². The summed E-state index contributed by atoms with van der Waals surface area (Å²) in [6.07, 6.45) is 0. The number of para-hydroxylation sites is 1. The number of carbonyl (C=O) groups excluding carboxylic acids is 1. The van der Waals surface area contributed by atoms with E-state index < -0.39 is 4.92 Å². The Balaban J connectivity index is 1.74. The summed E-state index contributed by atoms with van der Waals surface area (Å²) in [5.41, 5.74) is 0.986. The van der Waals surface area contributed by atoms with E-state index in [0.717, 1.165) is 15.2 Å². The van der Waals surface area contributed by atoms with E-state index in [4.69, 9.17) is 0 Å². The molecule has 0 atom stereocenters. The van der Waals surface area contributed by atoms with Crippen LogP contribution in [0.15, 0.2) is 46.9 Å². The molecule has 0 aliphatic heterocycles. The van der Waals surface area contributed by atoms with Gasteiger partial charge in [0.25, 0.3) is 11.6 Å². The lowest BCUT2D eigenvalue weighted by molar-refractivity contribution is -0.385. The molecule has 3 aromatic rings. The van der Waals surface area contributed by atoms with E-state index in [1.165, 1.54) is 29.5 Å². The summed E-state index contributed by atoms with van der Waals surface area (Å²) < 4.78 is 1.39. The largest absolute Gasteiger partial charge is 0.346 e. The molecule has 8 heteroatoms. The van der Waals surface area contributed by atoms with Crippen LogP contribution in [0.4, 0.5) is 5.69 Å². The second-order valence-corrected chi connectivity index (χ2v) is 6.65. The summed E-state index contributed by atoms with van der Waals surface area (Å²) in [6, 6.07) is 12.0. The third-order valence-electron chi connectivity index (χ3n) is 3.14. The maximum Gasteiger partial charge on any atom is 0.284 e. The molecule has 0 fully saturated rings. The van der Waals surface area contributed by atoms with Crippen molar-refractivity contribution < 1.29 is 9.72 Å². The predicted octanol–water partition coefficient (Wildman–Crippen LogP) is 3.90. The van der Waals surface area contributed by atoms with E-state index >= 15 is 0 Å². The predicted molar refractivity (Wildman–Crippen MR) is 91.6 cm³/mol. The lowest BCUT2D eigenvalue weighted by atomic mass is 10.2. The number of nitro groups is 1. The molecule has 1 heterocycles. The highest BCUT2D eigenvalue weighted by atomic mass is 79.9. The average molecular weight is 392 g/mol. The van der Waals surface area contributed by atoms with Gasteiger partial charge in [0, 0.05) is 11.6 Å². The number of nitrogens with one attached hydrogen (secondary N) is 1. The molecule has 23 heavy (non-hydrogen) atoms. The summed E-state index contributed by atoms with van der Waals surface area (Å²) in [5.74, 6) is -0.375. The number of carbonyl (C=O) groups is 1. The molecular formula is C15H10BrN3O3S. The van der Waals surface area contributed by atoms with Crippen LogP contribution in [0.1, 0.15) is 15.4 Å². The van der Waals surface area contributed by atoms with Crippen LogP contribution in [0.3, 0.4) is 0 Å². The van der Waals surface area contributed by atoms with Gasteiger partial charge in [0.1, 0.15) is 5.01 Å². The third kappa shape index (κ3) is 3.38. The molecule has 0 aliphatic carbocycles. The van der Waals surface area contributed by atoms with Crippen LogP contribution < -0.4 is 5.32 Å². The summed E-state index contributed by atoms with van der Waals surface area (Å²) in [6.45, 7) is 0.280. The van der Waals surface area contributed by atoms with Gasteiger partial charge >= 0.3 is 0 Å². The molecule has 2 aromatic carbocycles. The van der Waals surface area contributed by atoms with Crippen LogP contribution in [-0.4, -0.2) is 15.8 Å². The Morgan fingerprint density at radius 2 is 2.09 bits per heavy atom. The zero-order valence-electron chi connectivity index (χ0n) is 11.7. The maximum atomic E-state index is 12.1. The standard InChI is InChI=1S/C15H10BrN3O3S/c16-10-6-5-9(7-12(10)19(21)22)15(20)17-8-14-18-11-3-1-2-4-13(11)23-14/h1-7H,8H2,(H,17,20). The highest BCUT2D eigenvalue weighted by Gasteiger charge is 2.16. The summed E-state index contributed by atoms with van der Waals surface area (Å²) in [4.78, 5) is 27.0. The Morgan fingerprint density at radius 1 is 1.30 bits per heavy atom. The highest BCUT2D eigenvalue weighted by Crippen LogP contribution is 2.26. The Bertz CT molecular complexity index is 877. The monoisotopic (exact) mass is 391 g/mol. The first-order valence-electron chi connectivity index (χ1n) is 6.61. The van der Waals surface area contributed by atoms with E-state index in [1.54, 1.807) is 0 Å². The summed E-state index contributed by atoms with van der Waals surface area (Å²) in [5, 5.41) is 14.4. The third-order valence-corrected chi connectivity index (χ3v) is 4.85. The first-order chi connectivity index (χ1) is 11.0. The first kappa shape index (κ1) is 15.6. The van der Waals surface area contributed by atoms with Crippen molar-refractivity contribution in [2.24, 2.45) is 0 Å². The van der Waals surface area contributed by atoms with Gasteiger partial charge in [-0.15, -0.1) is 11.3 Å². The number of amides is 1. The smallest absolute Gasteiger partial charge is 0.284 e. The molecule has 3 rings (SSSR count). The fourth-order valence-corrected chi connectivity index (χ4v) is 3.35. The van der Waals surface area contributed by atoms with Gasteiger partial charge in [0.2, 0.25) is 0 Å². The molecule has 0 saturated carbocycles. The topological polar surface area (TPSA) is 85.1 Å². The van der Waals surface area contributed by atoms with Crippen LogP contribution in [-0.2, 0) is 6.54 Å². The number of thiazole rings is 1. The molecule has 0 radical (unpaired) electrons. The highest BCUT2D eigenvalue weighted by molar-refractivity contribution is 9.10. The number of halogens is 1. The maximum absolute atomic E-state index is 12.1. The molecule has 0 spiro atoms. The van der Waals surface area contributed by atoms with Crippen LogP contribution in [0, 0.1) is 10.1 Å². The minimum atomic E-state index is -0.533. The van der Waals surface area contributed by atoms with Crippen molar-refractivity contribution in [2.45, 2.75) is 6.54 Å². The minimum absolute atomic E-state index is 0.141. The number of nitrogens with zero attached hydrogens (tertiary/aromatic N) is 2. The van der Waals surface area contributed by atoms with Gasteiger partial charge in [-0.05, 0) is 40.2 Å². The molecule has 0 unspecified atom stereocenters. The lowest BCUT2D eigenvalue weighted by Gasteiger charge is -2.04. The van der Waals surface area contributed by atoms with Crippen LogP contribution in [0.5, 0.6) is 0 Å². The van der Waals surface area contributed by atoms with Crippen molar-refractivity contribution in [3.05, 3.63) is 67.6 Å². The average Bonchev–Trinajstić information content (AvgIpc) is 2.95. The Hall–Kier alpha value is -2.32. The van der Waals surface area contributed by atoms with Gasteiger partial charge in [0.15, 0.2) is 0 Å². The SMILES string of the molecule is O=C(NCc1nc2ccccc2s1)c1ccc(Br)c([N+](=O)[O-])c1. The molecule has 1 N–H and O–H groups in total. The minimum Gasteiger partial charge on any atom is -0.346 e. The Labute approximate surface area is 143 Å². The van der Waals surface area contributed by atoms with Crippen molar-refractivity contribution in [2.75, 3.05) is 0 Å².